The summed E-state index contributed by atoms with van der Waals surface area (Å²) in [5, 5.41) is 19.5. The third kappa shape index (κ3) is 3.87. The molecule has 16 heavy (non-hydrogen) atoms. The highest BCUT2D eigenvalue weighted by Crippen LogP contribution is 2.32. The Hall–Kier alpha value is -0.420. The van der Waals surface area contributed by atoms with Crippen LogP contribution in [0.1, 0.15) is 19.8 Å². The Balaban J connectivity index is 2.22. The maximum atomic E-state index is 9.81. The highest BCUT2D eigenvalue weighted by Gasteiger charge is 2.37. The lowest BCUT2D eigenvalue weighted by Crippen LogP contribution is -2.22. The predicted molar refractivity (Wildman–Crippen MR) is 60.9 cm³/mol. The van der Waals surface area contributed by atoms with Crippen LogP contribution in [0.4, 0.5) is 0 Å². The zero-order valence-corrected chi connectivity index (χ0v) is 10.0. The van der Waals surface area contributed by atoms with E-state index in [1.807, 2.05) is 19.1 Å². The maximum Gasteiger partial charge on any atom is 0.146 e. The van der Waals surface area contributed by atoms with Crippen LogP contribution in [-0.4, -0.2) is 42.9 Å². The Morgan fingerprint density at radius 3 is 2.69 bits per heavy atom. The minimum atomic E-state index is -0.425. The molecule has 2 N–H and O–H groups in total. The fourth-order valence-electron chi connectivity index (χ4n) is 2.07. The highest BCUT2D eigenvalue weighted by molar-refractivity contribution is 5.01. The summed E-state index contributed by atoms with van der Waals surface area (Å²) in [6, 6.07) is 0. The molecule has 0 bridgehead atoms. The van der Waals surface area contributed by atoms with Gasteiger partial charge in [0.1, 0.15) is 6.79 Å². The van der Waals surface area contributed by atoms with Crippen LogP contribution in [0.2, 0.25) is 0 Å². The molecule has 1 saturated carbocycles. The normalized spacial score (nSPS) is 35.0. The van der Waals surface area contributed by atoms with Gasteiger partial charge in [0.15, 0.2) is 0 Å². The van der Waals surface area contributed by atoms with Crippen LogP contribution >= 0.6 is 0 Å². The van der Waals surface area contributed by atoms with Crippen molar-refractivity contribution in [3.8, 4) is 0 Å². The molecule has 0 saturated heterocycles. The molecule has 0 radical (unpaired) electrons. The van der Waals surface area contributed by atoms with E-state index >= 15 is 0 Å². The van der Waals surface area contributed by atoms with E-state index in [0.717, 1.165) is 6.42 Å². The van der Waals surface area contributed by atoms with Gasteiger partial charge in [0.2, 0.25) is 0 Å². The number of aliphatic hydroxyl groups is 2. The molecule has 0 aromatic rings. The van der Waals surface area contributed by atoms with Crippen molar-refractivity contribution in [2.75, 3.05) is 20.5 Å². The van der Waals surface area contributed by atoms with Gasteiger partial charge in [0.25, 0.3) is 0 Å². The van der Waals surface area contributed by atoms with Gasteiger partial charge < -0.3 is 19.7 Å². The van der Waals surface area contributed by atoms with E-state index in [4.69, 9.17) is 9.47 Å². The molecule has 1 aliphatic carbocycles. The predicted octanol–water partition coefficient (Wildman–Crippen LogP) is 0.931. The summed E-state index contributed by atoms with van der Waals surface area (Å²) in [6.45, 7) is 2.86. The molecule has 0 aromatic heterocycles. The Morgan fingerprint density at radius 2 is 2.12 bits per heavy atom. The first-order valence-corrected chi connectivity index (χ1v) is 5.76. The highest BCUT2D eigenvalue weighted by atomic mass is 16.7. The largest absolute Gasteiger partial charge is 0.392 e. The molecule has 0 spiro atoms. The summed E-state index contributed by atoms with van der Waals surface area (Å²) in [4.78, 5) is 0. The molecular formula is C12H22O4. The van der Waals surface area contributed by atoms with Crippen molar-refractivity contribution in [2.45, 2.75) is 32.0 Å². The number of hydrogen-bond acceptors (Lipinski definition) is 4. The van der Waals surface area contributed by atoms with Crippen molar-refractivity contribution in [3.63, 3.8) is 0 Å². The second-order valence-corrected chi connectivity index (χ2v) is 4.38. The maximum absolute atomic E-state index is 9.81. The van der Waals surface area contributed by atoms with Crippen LogP contribution in [0.25, 0.3) is 0 Å². The van der Waals surface area contributed by atoms with Crippen LogP contribution in [0.5, 0.6) is 0 Å². The van der Waals surface area contributed by atoms with Gasteiger partial charge >= 0.3 is 0 Å². The van der Waals surface area contributed by atoms with Crippen molar-refractivity contribution in [1.82, 2.24) is 0 Å². The first-order chi connectivity index (χ1) is 7.66. The number of methoxy groups -OCH3 is 1. The van der Waals surface area contributed by atoms with E-state index in [-0.39, 0.29) is 11.8 Å². The molecule has 94 valence electrons. The first kappa shape index (κ1) is 13.6. The smallest absolute Gasteiger partial charge is 0.146 e. The molecule has 4 unspecified atom stereocenters. The van der Waals surface area contributed by atoms with Gasteiger partial charge in [-0.2, -0.15) is 0 Å². The summed E-state index contributed by atoms with van der Waals surface area (Å²) in [5.41, 5.74) is 0. The first-order valence-electron chi connectivity index (χ1n) is 5.76. The molecule has 4 nitrogen and oxygen atoms in total. The lowest BCUT2D eigenvalue weighted by atomic mass is 10.0. The number of aliphatic hydroxyl groups excluding tert-OH is 2. The van der Waals surface area contributed by atoms with E-state index < -0.39 is 12.2 Å². The van der Waals surface area contributed by atoms with E-state index in [0.29, 0.717) is 19.8 Å². The third-order valence-electron chi connectivity index (χ3n) is 3.02. The molecule has 0 aromatic carbocycles. The third-order valence-corrected chi connectivity index (χ3v) is 3.02. The van der Waals surface area contributed by atoms with Crippen molar-refractivity contribution >= 4 is 0 Å². The number of rotatable bonds is 6. The van der Waals surface area contributed by atoms with Gasteiger partial charge in [0.05, 0.1) is 18.8 Å². The van der Waals surface area contributed by atoms with E-state index in [1.165, 1.54) is 0 Å². The minimum absolute atomic E-state index is 0.127. The lowest BCUT2D eigenvalue weighted by molar-refractivity contribution is -0.0286. The monoisotopic (exact) mass is 230 g/mol. The molecule has 0 amide bonds. The molecular weight excluding hydrogens is 208 g/mol. The van der Waals surface area contributed by atoms with Gasteiger partial charge in [-0.15, -0.1) is 0 Å². The van der Waals surface area contributed by atoms with Crippen molar-refractivity contribution in [2.24, 2.45) is 11.8 Å². The summed E-state index contributed by atoms with van der Waals surface area (Å²) in [6.07, 6.45) is 4.45. The van der Waals surface area contributed by atoms with Gasteiger partial charge in [-0.3, -0.25) is 0 Å². The fraction of sp³-hybridized carbons (Fsp3) is 0.833. The quantitative estimate of drug-likeness (QED) is 0.405. The Morgan fingerprint density at radius 1 is 1.38 bits per heavy atom. The molecule has 4 atom stereocenters. The second-order valence-electron chi connectivity index (χ2n) is 4.38. The standard InChI is InChI=1S/C12H22O4/c1-9-7-11(13)10(12(9)14)5-3-4-6-16-8-15-2/h3,5,9-14H,4,6-8H2,1-2H3/b5-3+. The number of hydrogen-bond donors (Lipinski definition) is 2. The summed E-state index contributed by atoms with van der Waals surface area (Å²) >= 11 is 0. The van der Waals surface area contributed by atoms with Crippen molar-refractivity contribution in [3.05, 3.63) is 12.2 Å². The van der Waals surface area contributed by atoms with Crippen LogP contribution in [-0.2, 0) is 9.47 Å². The van der Waals surface area contributed by atoms with Crippen LogP contribution < -0.4 is 0 Å². The van der Waals surface area contributed by atoms with Crippen molar-refractivity contribution < 1.29 is 19.7 Å². The van der Waals surface area contributed by atoms with Gasteiger partial charge in [-0.1, -0.05) is 19.1 Å². The zero-order valence-electron chi connectivity index (χ0n) is 10.0. The molecule has 0 aliphatic heterocycles. The lowest BCUT2D eigenvalue weighted by Gasteiger charge is -2.14. The van der Waals surface area contributed by atoms with Crippen LogP contribution in [0.15, 0.2) is 12.2 Å². The number of ether oxygens (including phenoxy) is 2. The Kier molecular flexibility index (Phi) is 5.98. The van der Waals surface area contributed by atoms with Gasteiger partial charge in [-0.05, 0) is 18.8 Å². The topological polar surface area (TPSA) is 58.9 Å². The van der Waals surface area contributed by atoms with E-state index in [1.54, 1.807) is 7.11 Å². The summed E-state index contributed by atoms with van der Waals surface area (Å²) in [7, 11) is 1.59. The zero-order chi connectivity index (χ0) is 12.0. The molecule has 1 aliphatic rings. The van der Waals surface area contributed by atoms with E-state index in [9.17, 15) is 10.2 Å². The summed E-state index contributed by atoms with van der Waals surface area (Å²) in [5.74, 6) is 0.0480. The molecule has 0 heterocycles. The van der Waals surface area contributed by atoms with Gasteiger partial charge in [-0.25, -0.2) is 0 Å². The second kappa shape index (κ2) is 7.01. The molecule has 1 fully saturated rings. The minimum Gasteiger partial charge on any atom is -0.392 e. The average molecular weight is 230 g/mol. The van der Waals surface area contributed by atoms with Crippen LogP contribution in [0, 0.1) is 11.8 Å². The fourth-order valence-corrected chi connectivity index (χ4v) is 2.07. The molecule has 4 heteroatoms. The Bertz CT molecular complexity index is 217. The van der Waals surface area contributed by atoms with Crippen molar-refractivity contribution in [1.29, 1.82) is 0 Å². The Labute approximate surface area is 96.9 Å². The average Bonchev–Trinajstić information content (AvgIpc) is 2.49. The SMILES string of the molecule is COCOCC/C=C/C1C(O)CC(C)C1O. The van der Waals surface area contributed by atoms with E-state index in [2.05, 4.69) is 0 Å². The molecule has 1 rings (SSSR count). The van der Waals surface area contributed by atoms with Gasteiger partial charge in [0, 0.05) is 13.0 Å². The summed E-state index contributed by atoms with van der Waals surface area (Å²) < 4.78 is 9.87. The van der Waals surface area contributed by atoms with Crippen LogP contribution in [0.3, 0.4) is 0 Å².